The van der Waals surface area contributed by atoms with E-state index in [2.05, 4.69) is 0 Å². The van der Waals surface area contributed by atoms with Crippen molar-refractivity contribution in [2.45, 2.75) is 24.7 Å². The molecule has 4 nitrogen and oxygen atoms in total. The second-order valence-corrected chi connectivity index (χ2v) is 4.04. The van der Waals surface area contributed by atoms with E-state index < -0.39 is 18.0 Å². The van der Waals surface area contributed by atoms with E-state index >= 15 is 0 Å². The summed E-state index contributed by atoms with van der Waals surface area (Å²) in [6, 6.07) is 4.54. The molecule has 1 aliphatic rings. The molecule has 2 N–H and O–H groups in total. The van der Waals surface area contributed by atoms with Crippen molar-refractivity contribution in [2.24, 2.45) is 0 Å². The van der Waals surface area contributed by atoms with Crippen LogP contribution in [0.3, 0.4) is 0 Å². The first-order chi connectivity index (χ1) is 8.15. The second-order valence-electron chi connectivity index (χ2n) is 4.04. The Morgan fingerprint density at radius 1 is 1.53 bits per heavy atom. The Morgan fingerprint density at radius 2 is 2.29 bits per heavy atom. The molecule has 0 radical (unpaired) electrons. The first-order valence-corrected chi connectivity index (χ1v) is 5.43. The molecule has 17 heavy (non-hydrogen) atoms. The molecule has 1 aromatic carbocycles. The minimum atomic E-state index is -0.713. The van der Waals surface area contributed by atoms with E-state index in [4.69, 9.17) is 14.6 Å². The van der Waals surface area contributed by atoms with Gasteiger partial charge in [0.2, 0.25) is 0 Å². The molecule has 0 bridgehead atoms. The summed E-state index contributed by atoms with van der Waals surface area (Å²) in [5.41, 5.74) is 0.637. The van der Waals surface area contributed by atoms with E-state index in [0.717, 1.165) is 0 Å². The van der Waals surface area contributed by atoms with Gasteiger partial charge in [0.05, 0.1) is 25.9 Å². The van der Waals surface area contributed by atoms with Crippen LogP contribution in [0.1, 0.15) is 18.1 Å². The van der Waals surface area contributed by atoms with Crippen LogP contribution in [0.15, 0.2) is 18.2 Å². The van der Waals surface area contributed by atoms with Crippen LogP contribution in [0.4, 0.5) is 4.39 Å². The van der Waals surface area contributed by atoms with Crippen molar-refractivity contribution in [3.63, 3.8) is 0 Å². The zero-order chi connectivity index (χ0) is 12.4. The van der Waals surface area contributed by atoms with E-state index in [0.29, 0.717) is 12.0 Å². The Hall–Kier alpha value is -1.17. The molecular weight excluding hydrogens is 227 g/mol. The molecule has 3 atom stereocenters. The maximum atomic E-state index is 13.5. The van der Waals surface area contributed by atoms with Gasteiger partial charge in [0.25, 0.3) is 0 Å². The molecule has 0 spiro atoms. The number of benzene rings is 1. The maximum Gasteiger partial charge on any atom is 0.165 e. The van der Waals surface area contributed by atoms with Crippen LogP contribution in [0.5, 0.6) is 5.75 Å². The summed E-state index contributed by atoms with van der Waals surface area (Å²) < 4.78 is 23.7. The molecule has 1 aliphatic heterocycles. The van der Waals surface area contributed by atoms with Crippen molar-refractivity contribution in [2.75, 3.05) is 13.7 Å². The smallest absolute Gasteiger partial charge is 0.165 e. The number of halogens is 1. The van der Waals surface area contributed by atoms with Gasteiger partial charge < -0.3 is 19.7 Å². The van der Waals surface area contributed by atoms with Crippen molar-refractivity contribution in [1.29, 1.82) is 0 Å². The lowest BCUT2D eigenvalue weighted by atomic mass is 10.0. The monoisotopic (exact) mass is 242 g/mol. The van der Waals surface area contributed by atoms with Crippen LogP contribution in [0.25, 0.3) is 0 Å². The maximum absolute atomic E-state index is 13.5. The summed E-state index contributed by atoms with van der Waals surface area (Å²) in [6.45, 7) is -0.240. The molecule has 0 unspecified atom stereocenters. The van der Waals surface area contributed by atoms with Gasteiger partial charge in [-0.1, -0.05) is 6.07 Å². The highest BCUT2D eigenvalue weighted by atomic mass is 19.1. The van der Waals surface area contributed by atoms with Crippen LogP contribution in [-0.2, 0) is 4.74 Å². The number of hydrogen-bond acceptors (Lipinski definition) is 4. The zero-order valence-electron chi connectivity index (χ0n) is 9.47. The molecule has 5 heteroatoms. The van der Waals surface area contributed by atoms with Crippen LogP contribution in [0.2, 0.25) is 0 Å². The Kier molecular flexibility index (Phi) is 3.61. The summed E-state index contributed by atoms with van der Waals surface area (Å²) >= 11 is 0. The second kappa shape index (κ2) is 5.00. The SMILES string of the molecule is COc1ccc([C@H]2C[C@H](O)[C@@H](CO)O2)cc1F. The highest BCUT2D eigenvalue weighted by Crippen LogP contribution is 2.34. The van der Waals surface area contributed by atoms with E-state index in [9.17, 15) is 9.50 Å². The van der Waals surface area contributed by atoms with Crippen molar-refractivity contribution >= 4 is 0 Å². The Bertz CT molecular complexity index is 396. The van der Waals surface area contributed by atoms with Crippen LogP contribution in [-0.4, -0.2) is 36.1 Å². The number of hydrogen-bond donors (Lipinski definition) is 2. The highest BCUT2D eigenvalue weighted by molar-refractivity contribution is 5.31. The zero-order valence-corrected chi connectivity index (χ0v) is 9.47. The van der Waals surface area contributed by atoms with Crippen molar-refractivity contribution in [1.82, 2.24) is 0 Å². The molecule has 1 fully saturated rings. The van der Waals surface area contributed by atoms with Gasteiger partial charge in [-0.3, -0.25) is 0 Å². The number of aliphatic hydroxyl groups is 2. The third-order valence-corrected chi connectivity index (χ3v) is 2.95. The Balaban J connectivity index is 2.16. The Labute approximate surface area is 98.6 Å². The number of rotatable bonds is 3. The third kappa shape index (κ3) is 2.41. The predicted octanol–water partition coefficient (Wildman–Crippen LogP) is 1.02. The molecule has 0 amide bonds. The average molecular weight is 242 g/mol. The summed E-state index contributed by atoms with van der Waals surface area (Å²) in [6.07, 6.45) is -1.33. The van der Waals surface area contributed by atoms with Crippen LogP contribution in [0, 0.1) is 5.82 Å². The average Bonchev–Trinajstić information content (AvgIpc) is 2.70. The standard InChI is InChI=1S/C12H15FO4/c1-16-10-3-2-7(4-8(10)13)11-5-9(15)12(6-14)17-11/h2-4,9,11-12,14-15H,5-6H2,1H3/t9-,11+,12+/m0/s1. The topological polar surface area (TPSA) is 58.9 Å². The normalized spacial score (nSPS) is 28.4. The Morgan fingerprint density at radius 3 is 2.82 bits per heavy atom. The summed E-state index contributed by atoms with van der Waals surface area (Å²) in [5.74, 6) is -0.290. The predicted molar refractivity (Wildman–Crippen MR) is 58.3 cm³/mol. The molecule has 1 aromatic rings. The minimum Gasteiger partial charge on any atom is -0.494 e. The molecule has 1 heterocycles. The number of ether oxygens (including phenoxy) is 2. The van der Waals surface area contributed by atoms with E-state index in [-0.39, 0.29) is 18.5 Å². The van der Waals surface area contributed by atoms with Gasteiger partial charge in [-0.2, -0.15) is 0 Å². The lowest BCUT2D eigenvalue weighted by molar-refractivity contribution is -0.0226. The van der Waals surface area contributed by atoms with Crippen molar-refractivity contribution < 1.29 is 24.1 Å². The minimum absolute atomic E-state index is 0.172. The lowest BCUT2D eigenvalue weighted by Crippen LogP contribution is -2.24. The van der Waals surface area contributed by atoms with Gasteiger partial charge in [-0.15, -0.1) is 0 Å². The summed E-state index contributed by atoms with van der Waals surface area (Å²) in [5, 5.41) is 18.5. The van der Waals surface area contributed by atoms with Crippen LogP contribution < -0.4 is 4.74 Å². The van der Waals surface area contributed by atoms with Gasteiger partial charge in [0, 0.05) is 6.42 Å². The third-order valence-electron chi connectivity index (χ3n) is 2.95. The summed E-state index contributed by atoms with van der Waals surface area (Å²) in [4.78, 5) is 0. The molecule has 2 rings (SSSR count). The quantitative estimate of drug-likeness (QED) is 0.830. The molecule has 0 saturated carbocycles. The fraction of sp³-hybridized carbons (Fsp3) is 0.500. The van der Waals surface area contributed by atoms with Crippen molar-refractivity contribution in [3.8, 4) is 5.75 Å². The van der Waals surface area contributed by atoms with E-state index in [1.54, 1.807) is 6.07 Å². The number of aliphatic hydroxyl groups excluding tert-OH is 2. The number of methoxy groups -OCH3 is 1. The lowest BCUT2D eigenvalue weighted by Gasteiger charge is -2.13. The fourth-order valence-corrected chi connectivity index (χ4v) is 1.99. The molecule has 94 valence electrons. The van der Waals surface area contributed by atoms with Crippen molar-refractivity contribution in [3.05, 3.63) is 29.6 Å². The molecular formula is C12H15FO4. The van der Waals surface area contributed by atoms with Gasteiger partial charge >= 0.3 is 0 Å². The first-order valence-electron chi connectivity index (χ1n) is 5.43. The molecule has 0 aliphatic carbocycles. The molecule has 0 aromatic heterocycles. The largest absolute Gasteiger partial charge is 0.494 e. The first kappa shape index (κ1) is 12.3. The van der Waals surface area contributed by atoms with Crippen LogP contribution >= 0.6 is 0 Å². The van der Waals surface area contributed by atoms with E-state index in [1.807, 2.05) is 0 Å². The van der Waals surface area contributed by atoms with Gasteiger partial charge in [0.1, 0.15) is 6.10 Å². The highest BCUT2D eigenvalue weighted by Gasteiger charge is 2.34. The van der Waals surface area contributed by atoms with Gasteiger partial charge in [-0.25, -0.2) is 4.39 Å². The molecule has 1 saturated heterocycles. The van der Waals surface area contributed by atoms with E-state index in [1.165, 1.54) is 19.2 Å². The van der Waals surface area contributed by atoms with Gasteiger partial charge in [0.15, 0.2) is 11.6 Å². The fourth-order valence-electron chi connectivity index (χ4n) is 1.99. The van der Waals surface area contributed by atoms with Gasteiger partial charge in [-0.05, 0) is 17.7 Å². The summed E-state index contributed by atoms with van der Waals surface area (Å²) in [7, 11) is 1.40.